The van der Waals surface area contributed by atoms with E-state index in [4.69, 9.17) is 4.74 Å². The lowest BCUT2D eigenvalue weighted by Gasteiger charge is -2.21. The lowest BCUT2D eigenvalue weighted by Crippen LogP contribution is -2.36. The lowest BCUT2D eigenvalue weighted by atomic mass is 10.0. The highest BCUT2D eigenvalue weighted by Crippen LogP contribution is 2.48. The molecule has 3 heterocycles. The second kappa shape index (κ2) is 19.2. The van der Waals surface area contributed by atoms with Crippen molar-refractivity contribution in [3.05, 3.63) is 87.7 Å². The normalized spacial score (nSPS) is 14.2. The highest BCUT2D eigenvalue weighted by atomic mass is 32.2. The number of thiazole rings is 1. The molecule has 0 aliphatic carbocycles. The number of aryl methyl sites for hydroxylation is 1. The van der Waals surface area contributed by atoms with E-state index in [1.165, 1.54) is 19.6 Å². The van der Waals surface area contributed by atoms with Crippen molar-refractivity contribution in [2.45, 2.75) is 58.4 Å². The van der Waals surface area contributed by atoms with E-state index in [-0.39, 0.29) is 24.3 Å². The van der Waals surface area contributed by atoms with Gasteiger partial charge in [0.05, 0.1) is 29.3 Å². The molecule has 10 nitrogen and oxygen atoms in total. The first-order valence-corrected chi connectivity index (χ1v) is 24.1. The maximum atomic E-state index is 11.6. The van der Waals surface area contributed by atoms with Crippen molar-refractivity contribution in [1.29, 1.82) is 0 Å². The van der Waals surface area contributed by atoms with Crippen LogP contribution in [0.15, 0.2) is 87.6 Å². The quantitative estimate of drug-likeness (QED) is 0.0733. The molecule has 3 aromatic carbocycles. The molecule has 0 spiro atoms. The minimum absolute atomic E-state index is 0.244. The summed E-state index contributed by atoms with van der Waals surface area (Å²) in [6, 6.07) is 20.4. The molecule has 6 rings (SSSR count). The third-order valence-electron chi connectivity index (χ3n) is 9.38. The Labute approximate surface area is 337 Å². The molecule has 0 atom stereocenters. The number of thiophene rings is 1. The summed E-state index contributed by atoms with van der Waals surface area (Å²) in [5.41, 5.74) is 5.13. The zero-order valence-corrected chi connectivity index (χ0v) is 36.0. The molecule has 0 radical (unpaired) electrons. The zero-order chi connectivity index (χ0) is 39.8. The Morgan fingerprint density at radius 2 is 1.58 bits per heavy atom. The van der Waals surface area contributed by atoms with Crippen LogP contribution in [0.1, 0.15) is 52.0 Å². The smallest absolute Gasteiger partial charge is 0.265 e. The number of nitrogens with zero attached hydrogens (tertiary/aromatic N) is 3. The topological polar surface area (TPSA) is 128 Å². The number of ether oxygens (including phenoxy) is 1. The molecule has 0 bridgehead atoms. The van der Waals surface area contributed by atoms with Crippen molar-refractivity contribution in [2.24, 2.45) is 0 Å². The molecule has 1 aliphatic rings. The molecule has 296 valence electrons. The van der Waals surface area contributed by atoms with Gasteiger partial charge < -0.3 is 14.5 Å². The minimum Gasteiger partial charge on any atom is -0.496 e. The van der Waals surface area contributed by atoms with Gasteiger partial charge in [-0.05, 0) is 78.8 Å². The number of hydrogen-bond donors (Lipinski definition) is 2. The lowest BCUT2D eigenvalue weighted by molar-refractivity contribution is -0.667. The van der Waals surface area contributed by atoms with Crippen LogP contribution in [0.3, 0.4) is 0 Å². The van der Waals surface area contributed by atoms with Crippen LogP contribution >= 0.6 is 34.4 Å². The van der Waals surface area contributed by atoms with E-state index in [2.05, 4.69) is 84.5 Å². The van der Waals surface area contributed by atoms with Crippen molar-refractivity contribution >= 4 is 86.7 Å². The maximum Gasteiger partial charge on any atom is 0.265 e. The van der Waals surface area contributed by atoms with Gasteiger partial charge in [-0.15, -0.1) is 11.3 Å². The first-order chi connectivity index (χ1) is 26.3. The molecular formula is C40H50N3O7S5+. The summed E-state index contributed by atoms with van der Waals surface area (Å²) in [7, 11) is -6.57. The molecule has 2 N–H and O–H groups in total. The Morgan fingerprint density at radius 1 is 0.891 bits per heavy atom. The van der Waals surface area contributed by atoms with Crippen LogP contribution in [0.2, 0.25) is 0 Å². The fraction of sp³-hybridized carbons (Fsp3) is 0.375. The number of aromatic nitrogens is 1. The minimum atomic E-state index is -4.11. The van der Waals surface area contributed by atoms with Gasteiger partial charge in [0, 0.05) is 35.4 Å². The van der Waals surface area contributed by atoms with E-state index >= 15 is 0 Å². The van der Waals surface area contributed by atoms with E-state index in [1.807, 2.05) is 35.7 Å². The van der Waals surface area contributed by atoms with E-state index in [0.717, 1.165) is 63.4 Å². The van der Waals surface area contributed by atoms with Gasteiger partial charge in [0.1, 0.15) is 15.1 Å². The molecule has 0 saturated heterocycles. The van der Waals surface area contributed by atoms with Gasteiger partial charge in [-0.3, -0.25) is 9.11 Å². The zero-order valence-electron chi connectivity index (χ0n) is 31.9. The molecular weight excluding hydrogens is 795 g/mol. The highest BCUT2D eigenvalue weighted by Gasteiger charge is 2.28. The standard InChI is InChI=1S/C34H34N2O7S5.C6H15N/c1-3-23(20-32-36(15-8-18-48(40,41)42)33-30(46-32)22-28(43-2)26-13-16-44-34(26)33)19-31-35(14-7-17-47(37,38)39)27-21-25(11-12-29(27)45-31)24-9-5-4-6-10-24;1-4-7(5-2)6-3/h4-6,9-13,16,19-22H,3,7-8,14-15,17-18H2,1-2H3,(H-,37,38,39,40,41,42);4-6H2,1-3H3/p+1. The van der Waals surface area contributed by atoms with Gasteiger partial charge in [0.15, 0.2) is 6.54 Å². The molecule has 0 saturated carbocycles. The SMILES string of the molecule is CCC(/C=C1\Sc2ccc(-c3ccccc3)cc2N1CCCS(=O)(=O)O)=C\c1sc2cc(OC)c3ccsc3c2[n+]1CCCS(=O)(=O)O.CCN(CC)CC. The largest absolute Gasteiger partial charge is 0.496 e. The van der Waals surface area contributed by atoms with Crippen LogP contribution in [-0.2, 0) is 26.8 Å². The first kappa shape index (κ1) is 42.9. The van der Waals surface area contributed by atoms with Gasteiger partial charge in [-0.1, -0.05) is 87.2 Å². The second-order valence-electron chi connectivity index (χ2n) is 12.9. The van der Waals surface area contributed by atoms with Crippen LogP contribution < -0.4 is 14.2 Å². The Bertz CT molecular complexity index is 2360. The molecule has 0 fully saturated rings. The summed E-state index contributed by atoms with van der Waals surface area (Å²) in [6.07, 6.45) is 5.43. The van der Waals surface area contributed by atoms with Crippen LogP contribution in [0.5, 0.6) is 5.75 Å². The number of anilines is 1. The molecule has 5 aromatic rings. The number of allylic oxidation sites excluding steroid dienone is 2. The molecule has 1 aliphatic heterocycles. The average Bonchev–Trinajstić information content (AvgIpc) is 3.87. The van der Waals surface area contributed by atoms with Gasteiger partial charge in [-0.2, -0.15) is 21.4 Å². The Balaban J connectivity index is 0.000000757. The fourth-order valence-electron chi connectivity index (χ4n) is 6.47. The van der Waals surface area contributed by atoms with E-state index < -0.39 is 20.2 Å². The van der Waals surface area contributed by atoms with Crippen molar-refractivity contribution in [2.75, 3.05) is 49.7 Å². The summed E-state index contributed by atoms with van der Waals surface area (Å²) in [6.45, 7) is 13.0. The predicted molar refractivity (Wildman–Crippen MR) is 231 cm³/mol. The van der Waals surface area contributed by atoms with E-state index in [0.29, 0.717) is 19.5 Å². The number of fused-ring (bicyclic) bond motifs is 4. The molecule has 2 aromatic heterocycles. The number of hydrogen-bond acceptors (Lipinski definition) is 10. The molecule has 15 heteroatoms. The second-order valence-corrected chi connectivity index (χ2v) is 19.1. The summed E-state index contributed by atoms with van der Waals surface area (Å²) >= 11 is 4.81. The van der Waals surface area contributed by atoms with Gasteiger partial charge in [0.2, 0.25) is 5.52 Å². The summed E-state index contributed by atoms with van der Waals surface area (Å²) in [4.78, 5) is 5.55. The van der Waals surface area contributed by atoms with Gasteiger partial charge in [0.25, 0.3) is 25.2 Å². The first-order valence-electron chi connectivity index (χ1n) is 18.4. The maximum absolute atomic E-state index is 11.6. The van der Waals surface area contributed by atoms with Crippen molar-refractivity contribution in [3.8, 4) is 16.9 Å². The summed E-state index contributed by atoms with van der Waals surface area (Å²) in [5, 5.41) is 4.88. The Hall–Kier alpha value is -3.28. The third kappa shape index (κ3) is 11.2. The number of rotatable bonds is 16. The number of thioether (sulfide) groups is 1. The molecule has 55 heavy (non-hydrogen) atoms. The number of benzene rings is 3. The van der Waals surface area contributed by atoms with E-state index in [1.54, 1.807) is 41.5 Å². The van der Waals surface area contributed by atoms with Crippen LogP contribution in [-0.4, -0.2) is 75.6 Å². The molecule has 0 amide bonds. The number of methoxy groups -OCH3 is 1. The third-order valence-corrected chi connectivity index (χ3v) is 14.1. The van der Waals surface area contributed by atoms with Crippen molar-refractivity contribution < 1.29 is 35.2 Å². The van der Waals surface area contributed by atoms with Crippen molar-refractivity contribution in [1.82, 2.24) is 4.90 Å². The van der Waals surface area contributed by atoms with Crippen molar-refractivity contribution in [3.63, 3.8) is 0 Å². The monoisotopic (exact) mass is 844 g/mol. The Kier molecular flexibility index (Phi) is 15.0. The van der Waals surface area contributed by atoms with Gasteiger partial charge in [-0.25, -0.2) is 0 Å². The van der Waals surface area contributed by atoms with E-state index in [9.17, 15) is 25.9 Å². The Morgan fingerprint density at radius 3 is 2.20 bits per heavy atom. The highest BCUT2D eigenvalue weighted by molar-refractivity contribution is 8.03. The van der Waals surface area contributed by atoms with Crippen LogP contribution in [0.25, 0.3) is 37.5 Å². The van der Waals surface area contributed by atoms with Gasteiger partial charge >= 0.3 is 0 Å². The summed E-state index contributed by atoms with van der Waals surface area (Å²) in [5.74, 6) is 0.0965. The predicted octanol–water partition coefficient (Wildman–Crippen LogP) is 9.23. The van der Waals surface area contributed by atoms with Crippen LogP contribution in [0.4, 0.5) is 5.69 Å². The van der Waals surface area contributed by atoms with Crippen LogP contribution in [0, 0.1) is 0 Å². The average molecular weight is 845 g/mol. The summed E-state index contributed by atoms with van der Waals surface area (Å²) < 4.78 is 75.1. The fourth-order valence-corrected chi connectivity index (χ4v) is 10.8. The molecule has 0 unspecified atom stereocenters.